The molecule has 1 rings (SSSR count). The Morgan fingerprint density at radius 2 is 2.20 bits per heavy atom. The Hall–Kier alpha value is -0.630. The van der Waals surface area contributed by atoms with E-state index >= 15 is 0 Å². The van der Waals surface area contributed by atoms with E-state index in [0.717, 1.165) is 11.2 Å². The highest BCUT2D eigenvalue weighted by Crippen LogP contribution is 2.03. The van der Waals surface area contributed by atoms with Crippen LogP contribution in [0.3, 0.4) is 0 Å². The molecule has 1 aromatic heterocycles. The summed E-state index contributed by atoms with van der Waals surface area (Å²) in [6.07, 6.45) is 2.10. The van der Waals surface area contributed by atoms with Gasteiger partial charge in [0, 0.05) is 0 Å². The van der Waals surface area contributed by atoms with Crippen molar-refractivity contribution in [3.8, 4) is 0 Å². The first kappa shape index (κ1) is 9.37. The zero-order valence-electron chi connectivity index (χ0n) is 6.33. The molecule has 0 spiro atoms. The lowest BCUT2D eigenvalue weighted by Crippen LogP contribution is -1.61. The standard InChI is InChI=1S/C5H4OS.C3H8/c6-4-5-2-1-3-7-5;1-3-2/h1-4H;3H2,1-2H3. The van der Waals surface area contributed by atoms with Gasteiger partial charge in [0.1, 0.15) is 0 Å². The maximum atomic E-state index is 9.88. The molecule has 0 bridgehead atoms. The van der Waals surface area contributed by atoms with Gasteiger partial charge in [0.2, 0.25) is 0 Å². The van der Waals surface area contributed by atoms with Gasteiger partial charge in [-0.25, -0.2) is 0 Å². The summed E-state index contributed by atoms with van der Waals surface area (Å²) in [6, 6.07) is 3.64. The Labute approximate surface area is 65.7 Å². The van der Waals surface area contributed by atoms with E-state index in [-0.39, 0.29) is 0 Å². The molecule has 1 heterocycles. The monoisotopic (exact) mass is 156 g/mol. The van der Waals surface area contributed by atoms with Crippen LogP contribution in [0.2, 0.25) is 0 Å². The number of thiophene rings is 1. The van der Waals surface area contributed by atoms with E-state index in [0.29, 0.717) is 0 Å². The maximum absolute atomic E-state index is 9.88. The third-order valence-electron chi connectivity index (χ3n) is 0.659. The molecule has 1 nitrogen and oxygen atoms in total. The second-order valence-corrected chi connectivity index (χ2v) is 2.82. The molecule has 56 valence electrons. The number of hydrogen-bond acceptors (Lipinski definition) is 2. The van der Waals surface area contributed by atoms with Crippen LogP contribution in [-0.4, -0.2) is 6.29 Å². The normalized spacial score (nSPS) is 7.80. The van der Waals surface area contributed by atoms with E-state index in [4.69, 9.17) is 0 Å². The minimum atomic E-state index is 0.792. The largest absolute Gasteiger partial charge is 0.297 e. The van der Waals surface area contributed by atoms with Crippen molar-refractivity contribution in [2.24, 2.45) is 0 Å². The molecule has 10 heavy (non-hydrogen) atoms. The first-order chi connectivity index (χ1) is 4.85. The zero-order chi connectivity index (χ0) is 7.82. The molecule has 1 aromatic rings. The van der Waals surface area contributed by atoms with Crippen molar-refractivity contribution in [1.29, 1.82) is 0 Å². The minimum absolute atomic E-state index is 0.792. The van der Waals surface area contributed by atoms with Crippen LogP contribution in [0.5, 0.6) is 0 Å². The van der Waals surface area contributed by atoms with Gasteiger partial charge in [-0.05, 0) is 11.4 Å². The molecular weight excluding hydrogens is 144 g/mol. The minimum Gasteiger partial charge on any atom is -0.297 e. The van der Waals surface area contributed by atoms with Crippen molar-refractivity contribution in [2.75, 3.05) is 0 Å². The molecule has 0 saturated heterocycles. The lowest BCUT2D eigenvalue weighted by Gasteiger charge is -1.66. The number of hydrogen-bond donors (Lipinski definition) is 0. The predicted octanol–water partition coefficient (Wildman–Crippen LogP) is 2.98. The van der Waals surface area contributed by atoms with Gasteiger partial charge in [-0.1, -0.05) is 26.3 Å². The fraction of sp³-hybridized carbons (Fsp3) is 0.375. The van der Waals surface area contributed by atoms with Crippen molar-refractivity contribution in [3.05, 3.63) is 22.4 Å². The molecule has 0 amide bonds. The van der Waals surface area contributed by atoms with Crippen molar-refractivity contribution in [3.63, 3.8) is 0 Å². The Balaban J connectivity index is 0.000000236. The van der Waals surface area contributed by atoms with Crippen LogP contribution >= 0.6 is 11.3 Å². The van der Waals surface area contributed by atoms with E-state index in [1.807, 2.05) is 11.4 Å². The van der Waals surface area contributed by atoms with E-state index in [1.165, 1.54) is 17.8 Å². The first-order valence-electron chi connectivity index (χ1n) is 3.33. The Bertz CT molecular complexity index is 156. The van der Waals surface area contributed by atoms with Crippen LogP contribution in [0.25, 0.3) is 0 Å². The van der Waals surface area contributed by atoms with Crippen molar-refractivity contribution in [2.45, 2.75) is 20.3 Å². The SMILES string of the molecule is CCC.O=Cc1cccs1. The van der Waals surface area contributed by atoms with Gasteiger partial charge in [0.25, 0.3) is 0 Å². The van der Waals surface area contributed by atoms with Crippen molar-refractivity contribution < 1.29 is 4.79 Å². The summed E-state index contributed by atoms with van der Waals surface area (Å²) in [7, 11) is 0. The molecule has 0 aliphatic heterocycles. The summed E-state index contributed by atoms with van der Waals surface area (Å²) in [5.74, 6) is 0. The van der Waals surface area contributed by atoms with Crippen LogP contribution in [0, 0.1) is 0 Å². The molecule has 0 radical (unpaired) electrons. The molecule has 0 fully saturated rings. The molecule has 0 atom stereocenters. The third-order valence-corrected chi connectivity index (χ3v) is 1.46. The number of rotatable bonds is 1. The van der Waals surface area contributed by atoms with Crippen molar-refractivity contribution >= 4 is 17.6 Å². The second kappa shape index (κ2) is 6.49. The van der Waals surface area contributed by atoms with Crippen LogP contribution in [0.1, 0.15) is 29.9 Å². The van der Waals surface area contributed by atoms with Gasteiger partial charge in [0.15, 0.2) is 6.29 Å². The fourth-order valence-corrected chi connectivity index (χ4v) is 0.885. The first-order valence-corrected chi connectivity index (χ1v) is 4.21. The smallest absolute Gasteiger partial charge is 0.159 e. The Kier molecular flexibility index (Phi) is 6.08. The molecule has 0 aliphatic rings. The number of carbonyl (C=O) groups excluding carboxylic acids is 1. The van der Waals surface area contributed by atoms with Gasteiger partial charge >= 0.3 is 0 Å². The van der Waals surface area contributed by atoms with E-state index in [1.54, 1.807) is 6.07 Å². The molecule has 0 N–H and O–H groups in total. The predicted molar refractivity (Wildman–Crippen MR) is 45.7 cm³/mol. The van der Waals surface area contributed by atoms with E-state index in [2.05, 4.69) is 13.8 Å². The Morgan fingerprint density at radius 3 is 2.40 bits per heavy atom. The summed E-state index contributed by atoms with van der Waals surface area (Å²) in [4.78, 5) is 10.7. The Morgan fingerprint density at radius 1 is 1.60 bits per heavy atom. The van der Waals surface area contributed by atoms with Gasteiger partial charge < -0.3 is 0 Å². The zero-order valence-corrected chi connectivity index (χ0v) is 7.15. The molecule has 0 aromatic carbocycles. The van der Waals surface area contributed by atoms with Gasteiger partial charge in [-0.15, -0.1) is 11.3 Å². The molecule has 0 saturated carbocycles. The highest BCUT2D eigenvalue weighted by Gasteiger charge is 1.82. The van der Waals surface area contributed by atoms with Crippen LogP contribution in [0.15, 0.2) is 17.5 Å². The molecular formula is C8H12OS. The lowest BCUT2D eigenvalue weighted by atomic mass is 10.5. The van der Waals surface area contributed by atoms with Crippen LogP contribution in [0.4, 0.5) is 0 Å². The third kappa shape index (κ3) is 4.27. The molecule has 0 unspecified atom stereocenters. The van der Waals surface area contributed by atoms with Crippen LogP contribution in [-0.2, 0) is 0 Å². The van der Waals surface area contributed by atoms with E-state index < -0.39 is 0 Å². The number of aldehydes is 1. The highest BCUT2D eigenvalue weighted by molar-refractivity contribution is 7.11. The van der Waals surface area contributed by atoms with Crippen molar-refractivity contribution in [1.82, 2.24) is 0 Å². The summed E-state index contributed by atoms with van der Waals surface area (Å²) >= 11 is 1.45. The van der Waals surface area contributed by atoms with Gasteiger partial charge in [0.05, 0.1) is 4.88 Å². The quantitative estimate of drug-likeness (QED) is 0.571. The van der Waals surface area contributed by atoms with Crippen LogP contribution < -0.4 is 0 Å². The summed E-state index contributed by atoms with van der Waals surface area (Å²) < 4.78 is 0. The summed E-state index contributed by atoms with van der Waals surface area (Å²) in [5, 5.41) is 1.88. The fourth-order valence-electron chi connectivity index (χ4n) is 0.358. The maximum Gasteiger partial charge on any atom is 0.159 e. The second-order valence-electron chi connectivity index (χ2n) is 1.84. The van der Waals surface area contributed by atoms with Gasteiger partial charge in [-0.3, -0.25) is 4.79 Å². The summed E-state index contributed by atoms with van der Waals surface area (Å²) in [5.41, 5.74) is 0. The topological polar surface area (TPSA) is 17.1 Å². The lowest BCUT2D eigenvalue weighted by molar-refractivity contribution is 0.112. The average molecular weight is 156 g/mol. The number of carbonyl (C=O) groups is 1. The molecule has 0 aliphatic carbocycles. The summed E-state index contributed by atoms with van der Waals surface area (Å²) in [6.45, 7) is 4.25. The van der Waals surface area contributed by atoms with Gasteiger partial charge in [-0.2, -0.15) is 0 Å². The highest BCUT2D eigenvalue weighted by atomic mass is 32.1. The average Bonchev–Trinajstić information content (AvgIpc) is 2.39. The molecule has 2 heteroatoms. The van der Waals surface area contributed by atoms with E-state index in [9.17, 15) is 4.79 Å².